The number of halogens is 1. The van der Waals surface area contributed by atoms with Crippen molar-refractivity contribution in [3.63, 3.8) is 0 Å². The number of hydrogen-bond acceptors (Lipinski definition) is 4. The van der Waals surface area contributed by atoms with Gasteiger partial charge in [-0.1, -0.05) is 69.3 Å². The fourth-order valence-corrected chi connectivity index (χ4v) is 5.51. The molecule has 0 aliphatic carbocycles. The van der Waals surface area contributed by atoms with E-state index in [0.29, 0.717) is 17.7 Å². The Kier molecular flexibility index (Phi) is 8.72. The van der Waals surface area contributed by atoms with Gasteiger partial charge in [-0.05, 0) is 52.7 Å². The van der Waals surface area contributed by atoms with Gasteiger partial charge in [0.25, 0.3) is 0 Å². The molecule has 8 heteroatoms. The van der Waals surface area contributed by atoms with Crippen LogP contribution in [0, 0.1) is 11.7 Å². The molecule has 0 fully saturated rings. The number of rotatable bonds is 11. The van der Waals surface area contributed by atoms with Gasteiger partial charge in [0, 0.05) is 18.4 Å². The first kappa shape index (κ1) is 27.6. The van der Waals surface area contributed by atoms with Crippen molar-refractivity contribution in [3.8, 4) is 11.3 Å². The molecular formula is C28H32FNO5P+. The maximum atomic E-state index is 13.6. The van der Waals surface area contributed by atoms with Crippen LogP contribution < -0.4 is 0 Å². The molecule has 3 atom stereocenters. The molecule has 1 heterocycles. The molecule has 0 bridgehead atoms. The van der Waals surface area contributed by atoms with Gasteiger partial charge in [-0.3, -0.25) is 0 Å². The van der Waals surface area contributed by atoms with E-state index in [1.807, 2.05) is 51.1 Å². The summed E-state index contributed by atoms with van der Waals surface area (Å²) < 4.78 is 26.5. The van der Waals surface area contributed by atoms with Crippen molar-refractivity contribution >= 4 is 14.0 Å². The largest absolute Gasteiger partial charge is 0.527 e. The summed E-state index contributed by atoms with van der Waals surface area (Å²) in [5.41, 5.74) is 0.232. The van der Waals surface area contributed by atoms with E-state index < -0.39 is 30.6 Å². The zero-order valence-electron chi connectivity index (χ0n) is 20.7. The first-order valence-electron chi connectivity index (χ1n) is 12.0. The second-order valence-corrected chi connectivity index (χ2v) is 10.8. The molecule has 0 aliphatic heterocycles. The number of nitrogens with zero attached hydrogens (tertiary/aromatic N) is 1. The van der Waals surface area contributed by atoms with Crippen LogP contribution >= 0.6 is 8.03 Å². The van der Waals surface area contributed by atoms with Gasteiger partial charge in [0.2, 0.25) is 0 Å². The van der Waals surface area contributed by atoms with E-state index in [1.54, 1.807) is 6.07 Å². The van der Waals surface area contributed by atoms with Gasteiger partial charge in [-0.2, -0.15) is 4.89 Å². The lowest BCUT2D eigenvalue weighted by atomic mass is 9.75. The second-order valence-electron chi connectivity index (χ2n) is 9.46. The summed E-state index contributed by atoms with van der Waals surface area (Å²) >= 11 is 0. The third kappa shape index (κ3) is 5.39. The van der Waals surface area contributed by atoms with Gasteiger partial charge >= 0.3 is 19.2 Å². The topological polar surface area (TPSA) is 108 Å². The Bertz CT molecular complexity index is 1200. The zero-order valence-corrected chi connectivity index (χ0v) is 21.6. The highest BCUT2D eigenvalue weighted by atomic mass is 31.1. The molecule has 6 nitrogen and oxygen atoms in total. The molecule has 3 N–H and O–H groups in total. The van der Waals surface area contributed by atoms with Crippen LogP contribution in [0.3, 0.4) is 0 Å². The molecule has 36 heavy (non-hydrogen) atoms. The summed E-state index contributed by atoms with van der Waals surface area (Å²) in [5.74, 6) is -2.06. The standard InChI is InChI=1S/C28H31FNO5P/c1-4-21-12-15-24(30-25(21)22-8-6-5-7-9-22)27(33,18-20-10-13-23(29)14-11-20)28(26(31)32,36(34)35)17-16-19(2)3/h5-15,19,33H,4,16-18H2,1-3H3,(H-,31,32,34,35)/p+1. The van der Waals surface area contributed by atoms with Gasteiger partial charge < -0.3 is 10.2 Å². The quantitative estimate of drug-likeness (QED) is 0.277. The van der Waals surface area contributed by atoms with Crippen molar-refractivity contribution in [2.45, 2.75) is 57.2 Å². The number of aryl methyl sites for hydroxylation is 1. The minimum atomic E-state index is -3.42. The van der Waals surface area contributed by atoms with Gasteiger partial charge in [0.1, 0.15) is 5.82 Å². The fraction of sp³-hybridized carbons (Fsp3) is 0.357. The van der Waals surface area contributed by atoms with Crippen LogP contribution in [0.1, 0.15) is 50.4 Å². The molecule has 3 rings (SSSR count). The Hall–Kier alpha value is -2.99. The van der Waals surface area contributed by atoms with Crippen LogP contribution in [0.5, 0.6) is 0 Å². The summed E-state index contributed by atoms with van der Waals surface area (Å²) in [7, 11) is -3.42. The van der Waals surface area contributed by atoms with Crippen LogP contribution in [0.2, 0.25) is 0 Å². The van der Waals surface area contributed by atoms with Gasteiger partial charge in [0.05, 0.1) is 11.4 Å². The van der Waals surface area contributed by atoms with Crippen molar-refractivity contribution in [3.05, 3.63) is 89.4 Å². The lowest BCUT2D eigenvalue weighted by Gasteiger charge is -2.36. The van der Waals surface area contributed by atoms with Crippen LogP contribution in [0.4, 0.5) is 4.39 Å². The second kappa shape index (κ2) is 11.4. The Labute approximate surface area is 211 Å². The minimum Gasteiger partial charge on any atom is -0.477 e. The Morgan fingerprint density at radius 3 is 2.22 bits per heavy atom. The summed E-state index contributed by atoms with van der Waals surface area (Å²) in [6, 6.07) is 17.8. The van der Waals surface area contributed by atoms with Crippen molar-refractivity contribution in [1.82, 2.24) is 4.98 Å². The predicted octanol–water partition coefficient (Wildman–Crippen LogP) is 5.87. The number of carboxylic acid groups (broad SMARTS) is 1. The highest BCUT2D eigenvalue weighted by Crippen LogP contribution is 2.54. The molecule has 2 aromatic carbocycles. The average Bonchev–Trinajstić information content (AvgIpc) is 2.85. The number of aliphatic hydroxyl groups is 1. The molecule has 0 amide bonds. The van der Waals surface area contributed by atoms with Crippen molar-refractivity contribution in [2.75, 3.05) is 0 Å². The lowest BCUT2D eigenvalue weighted by molar-refractivity contribution is -0.151. The summed E-state index contributed by atoms with van der Waals surface area (Å²) in [4.78, 5) is 28.1. The average molecular weight is 513 g/mol. The molecule has 0 saturated heterocycles. The van der Waals surface area contributed by atoms with E-state index in [-0.39, 0.29) is 30.9 Å². The van der Waals surface area contributed by atoms with E-state index in [1.165, 1.54) is 30.3 Å². The lowest BCUT2D eigenvalue weighted by Crippen LogP contribution is -2.56. The molecule has 0 aliphatic rings. The van der Waals surface area contributed by atoms with Crippen molar-refractivity contribution in [1.29, 1.82) is 0 Å². The van der Waals surface area contributed by atoms with E-state index in [9.17, 15) is 28.9 Å². The minimum absolute atomic E-state index is 0.0176. The molecule has 1 aromatic heterocycles. The van der Waals surface area contributed by atoms with Gasteiger partial charge in [0.15, 0.2) is 5.60 Å². The number of hydrogen-bond donors (Lipinski definition) is 3. The number of benzene rings is 2. The molecule has 190 valence electrons. The normalized spacial score (nSPS) is 15.2. The first-order valence-corrected chi connectivity index (χ1v) is 13.2. The monoisotopic (exact) mass is 512 g/mol. The molecular weight excluding hydrogens is 480 g/mol. The number of aromatic nitrogens is 1. The van der Waals surface area contributed by atoms with E-state index in [2.05, 4.69) is 0 Å². The third-order valence-corrected chi connectivity index (χ3v) is 8.09. The molecule has 0 radical (unpaired) electrons. The number of carboxylic acids is 1. The van der Waals surface area contributed by atoms with Gasteiger partial charge in [-0.25, -0.2) is 14.2 Å². The highest BCUT2D eigenvalue weighted by molar-refractivity contribution is 7.41. The fourth-order valence-electron chi connectivity index (χ4n) is 4.52. The predicted molar refractivity (Wildman–Crippen MR) is 137 cm³/mol. The SMILES string of the molecule is CCc1ccc(C(O)(Cc2ccc(F)cc2)C(CCC(C)C)(C(=O)O)[P+](=O)O)nc1-c1ccccc1. The summed E-state index contributed by atoms with van der Waals surface area (Å²) in [6.45, 7) is 5.71. The molecule has 0 saturated carbocycles. The maximum absolute atomic E-state index is 13.6. The summed E-state index contributed by atoms with van der Waals surface area (Å²) in [6.07, 6.45) is 0.338. The van der Waals surface area contributed by atoms with Crippen LogP contribution in [-0.2, 0) is 27.8 Å². The van der Waals surface area contributed by atoms with Crippen LogP contribution in [-0.4, -0.2) is 31.2 Å². The van der Waals surface area contributed by atoms with Crippen LogP contribution in [0.25, 0.3) is 11.3 Å². The van der Waals surface area contributed by atoms with E-state index >= 15 is 0 Å². The first-order chi connectivity index (χ1) is 17.0. The van der Waals surface area contributed by atoms with E-state index in [0.717, 1.165) is 11.1 Å². The molecule has 0 spiro atoms. The van der Waals surface area contributed by atoms with E-state index in [4.69, 9.17) is 4.98 Å². The number of pyridine rings is 1. The number of aliphatic carboxylic acids is 1. The van der Waals surface area contributed by atoms with Crippen molar-refractivity contribution < 1.29 is 28.9 Å². The van der Waals surface area contributed by atoms with Crippen LogP contribution in [0.15, 0.2) is 66.7 Å². The summed E-state index contributed by atoms with van der Waals surface area (Å²) in [5, 5.41) is 20.3. The Morgan fingerprint density at radius 1 is 1.06 bits per heavy atom. The third-order valence-electron chi connectivity index (χ3n) is 6.65. The molecule has 3 aromatic rings. The molecule has 3 unspecified atom stereocenters. The highest BCUT2D eigenvalue weighted by Gasteiger charge is 2.71. The Balaban J connectivity index is 2.32. The zero-order chi connectivity index (χ0) is 26.5. The smallest absolute Gasteiger partial charge is 0.477 e. The van der Waals surface area contributed by atoms with Crippen molar-refractivity contribution in [2.24, 2.45) is 5.92 Å². The Morgan fingerprint density at radius 2 is 1.69 bits per heavy atom. The maximum Gasteiger partial charge on any atom is 0.527 e. The number of carbonyl (C=O) groups is 1. The van der Waals surface area contributed by atoms with Gasteiger partial charge in [-0.15, -0.1) is 0 Å².